The van der Waals surface area contributed by atoms with Crippen LogP contribution in [0, 0.1) is 6.92 Å². The number of hydrogen-bond acceptors (Lipinski definition) is 3. The van der Waals surface area contributed by atoms with Gasteiger partial charge in [0.05, 0.1) is 16.8 Å². The fourth-order valence-electron chi connectivity index (χ4n) is 1.75. The van der Waals surface area contributed by atoms with E-state index in [1.54, 1.807) is 0 Å². The Bertz CT molecular complexity index is 597. The Hall–Kier alpha value is -1.90. The molecular weight excluding hydrogens is 226 g/mol. The van der Waals surface area contributed by atoms with Crippen LogP contribution in [0.15, 0.2) is 30.3 Å². The lowest BCUT2D eigenvalue weighted by Crippen LogP contribution is -2.24. The molecule has 0 aliphatic carbocycles. The maximum absolute atomic E-state index is 12.1. The maximum atomic E-state index is 12.1. The molecule has 1 aromatic carbocycles. The van der Waals surface area contributed by atoms with Gasteiger partial charge in [-0.1, -0.05) is 18.2 Å². The van der Waals surface area contributed by atoms with Gasteiger partial charge in [-0.25, -0.2) is 4.79 Å². The Morgan fingerprint density at radius 3 is 2.56 bits per heavy atom. The van der Waals surface area contributed by atoms with Crippen LogP contribution in [0.1, 0.15) is 36.8 Å². The second kappa shape index (κ2) is 4.41. The van der Waals surface area contributed by atoms with Crippen molar-refractivity contribution in [2.45, 2.75) is 33.3 Å². The summed E-state index contributed by atoms with van der Waals surface area (Å²) in [5, 5.41) is 0.948. The van der Waals surface area contributed by atoms with E-state index in [9.17, 15) is 4.79 Å². The number of esters is 1. The van der Waals surface area contributed by atoms with Crippen molar-refractivity contribution in [3.63, 3.8) is 0 Å². The Morgan fingerprint density at radius 2 is 1.89 bits per heavy atom. The van der Waals surface area contributed by atoms with Crippen LogP contribution in [-0.2, 0) is 4.74 Å². The number of carbonyl (C=O) groups excluding carboxylic acids is 1. The number of aromatic nitrogens is 1. The Labute approximate surface area is 107 Å². The number of hydrogen-bond donors (Lipinski definition) is 0. The second-order valence-corrected chi connectivity index (χ2v) is 5.32. The van der Waals surface area contributed by atoms with Crippen molar-refractivity contribution in [2.75, 3.05) is 0 Å². The summed E-state index contributed by atoms with van der Waals surface area (Å²) in [7, 11) is 0. The molecule has 18 heavy (non-hydrogen) atoms. The largest absolute Gasteiger partial charge is 0.456 e. The van der Waals surface area contributed by atoms with Gasteiger partial charge in [-0.15, -0.1) is 0 Å². The van der Waals surface area contributed by atoms with E-state index < -0.39 is 5.60 Å². The highest BCUT2D eigenvalue weighted by Crippen LogP contribution is 2.19. The van der Waals surface area contributed by atoms with Crippen LogP contribution in [0.5, 0.6) is 0 Å². The fourth-order valence-corrected chi connectivity index (χ4v) is 1.75. The number of carbonyl (C=O) groups is 1. The number of pyridine rings is 1. The van der Waals surface area contributed by atoms with Crippen molar-refractivity contribution >= 4 is 16.9 Å². The van der Waals surface area contributed by atoms with E-state index in [4.69, 9.17) is 4.74 Å². The Kier molecular flexibility index (Phi) is 3.07. The van der Waals surface area contributed by atoms with Gasteiger partial charge in [0.25, 0.3) is 0 Å². The van der Waals surface area contributed by atoms with Gasteiger partial charge in [0.1, 0.15) is 5.60 Å². The maximum Gasteiger partial charge on any atom is 0.340 e. The van der Waals surface area contributed by atoms with Crippen molar-refractivity contribution in [3.8, 4) is 0 Å². The number of para-hydroxylation sites is 1. The third-order valence-corrected chi connectivity index (χ3v) is 2.53. The van der Waals surface area contributed by atoms with Crippen LogP contribution < -0.4 is 0 Å². The molecule has 1 heterocycles. The third-order valence-electron chi connectivity index (χ3n) is 2.53. The quantitative estimate of drug-likeness (QED) is 0.719. The summed E-state index contributed by atoms with van der Waals surface area (Å²) in [6, 6.07) is 9.57. The lowest BCUT2D eigenvalue weighted by atomic mass is 10.1. The summed E-state index contributed by atoms with van der Waals surface area (Å²) in [6.45, 7) is 7.39. The van der Waals surface area contributed by atoms with E-state index in [1.807, 2.05) is 58.0 Å². The minimum absolute atomic E-state index is 0.321. The molecule has 2 rings (SSSR count). The lowest BCUT2D eigenvalue weighted by Gasteiger charge is -2.20. The van der Waals surface area contributed by atoms with E-state index in [2.05, 4.69) is 4.98 Å². The molecule has 0 saturated heterocycles. The van der Waals surface area contributed by atoms with Crippen LogP contribution in [0.4, 0.5) is 0 Å². The predicted octanol–water partition coefficient (Wildman–Crippen LogP) is 3.50. The van der Waals surface area contributed by atoms with Crippen molar-refractivity contribution in [3.05, 3.63) is 41.6 Å². The zero-order valence-corrected chi connectivity index (χ0v) is 11.2. The molecule has 0 aliphatic heterocycles. The van der Waals surface area contributed by atoms with Gasteiger partial charge < -0.3 is 4.74 Å². The lowest BCUT2D eigenvalue weighted by molar-refractivity contribution is 0.00685. The van der Waals surface area contributed by atoms with Gasteiger partial charge in [-0.3, -0.25) is 4.98 Å². The smallest absolute Gasteiger partial charge is 0.340 e. The SMILES string of the molecule is Cc1nc2ccccc2cc1C(=O)OC(C)(C)C. The highest BCUT2D eigenvalue weighted by Gasteiger charge is 2.20. The molecule has 0 unspecified atom stereocenters. The number of fused-ring (bicyclic) bond motifs is 1. The molecule has 0 atom stereocenters. The molecule has 2 aromatic rings. The van der Waals surface area contributed by atoms with Crippen LogP contribution in [0.25, 0.3) is 10.9 Å². The zero-order chi connectivity index (χ0) is 13.3. The molecule has 0 N–H and O–H groups in total. The standard InChI is InChI=1S/C15H17NO2/c1-10-12(14(17)18-15(2,3)4)9-11-7-5-6-8-13(11)16-10/h5-9H,1-4H3. The van der Waals surface area contributed by atoms with E-state index >= 15 is 0 Å². The third kappa shape index (κ3) is 2.67. The van der Waals surface area contributed by atoms with Gasteiger partial charge in [0, 0.05) is 5.39 Å². The summed E-state index contributed by atoms with van der Waals surface area (Å²) in [5.74, 6) is -0.321. The molecule has 3 nitrogen and oxygen atoms in total. The normalized spacial score (nSPS) is 11.6. The van der Waals surface area contributed by atoms with Crippen molar-refractivity contribution in [2.24, 2.45) is 0 Å². The number of nitrogens with zero attached hydrogens (tertiary/aromatic N) is 1. The molecule has 0 aliphatic rings. The van der Waals surface area contributed by atoms with Crippen LogP contribution in [0.2, 0.25) is 0 Å². The second-order valence-electron chi connectivity index (χ2n) is 5.32. The molecule has 0 fully saturated rings. The number of aryl methyl sites for hydroxylation is 1. The van der Waals surface area contributed by atoms with Gasteiger partial charge in [-0.05, 0) is 39.8 Å². The van der Waals surface area contributed by atoms with E-state index in [-0.39, 0.29) is 5.97 Å². The first-order chi connectivity index (χ1) is 8.37. The average Bonchev–Trinajstić information content (AvgIpc) is 2.25. The number of ether oxygens (including phenoxy) is 1. The van der Waals surface area contributed by atoms with Gasteiger partial charge >= 0.3 is 5.97 Å². The number of rotatable bonds is 1. The van der Waals surface area contributed by atoms with E-state index in [1.165, 1.54) is 0 Å². The monoisotopic (exact) mass is 243 g/mol. The molecule has 0 saturated carbocycles. The first-order valence-electron chi connectivity index (χ1n) is 5.96. The topological polar surface area (TPSA) is 39.2 Å². The highest BCUT2D eigenvalue weighted by atomic mass is 16.6. The van der Waals surface area contributed by atoms with Crippen LogP contribution >= 0.6 is 0 Å². The summed E-state index contributed by atoms with van der Waals surface area (Å²) in [4.78, 5) is 16.5. The van der Waals surface area contributed by atoms with E-state index in [0.717, 1.165) is 10.9 Å². The Balaban J connectivity index is 2.45. The highest BCUT2D eigenvalue weighted by molar-refractivity contribution is 5.95. The summed E-state index contributed by atoms with van der Waals surface area (Å²) < 4.78 is 5.37. The molecular formula is C15H17NO2. The van der Waals surface area contributed by atoms with Crippen molar-refractivity contribution < 1.29 is 9.53 Å². The molecule has 1 aromatic heterocycles. The first kappa shape index (κ1) is 12.6. The first-order valence-corrected chi connectivity index (χ1v) is 5.96. The molecule has 0 amide bonds. The van der Waals surface area contributed by atoms with Crippen LogP contribution in [0.3, 0.4) is 0 Å². The molecule has 0 spiro atoms. The molecule has 94 valence electrons. The van der Waals surface area contributed by atoms with Crippen LogP contribution in [-0.4, -0.2) is 16.6 Å². The molecule has 0 bridgehead atoms. The minimum atomic E-state index is -0.491. The summed E-state index contributed by atoms with van der Waals surface area (Å²) >= 11 is 0. The van der Waals surface area contributed by atoms with Crippen molar-refractivity contribution in [1.29, 1.82) is 0 Å². The van der Waals surface area contributed by atoms with E-state index in [0.29, 0.717) is 11.3 Å². The minimum Gasteiger partial charge on any atom is -0.456 e. The van der Waals surface area contributed by atoms with Gasteiger partial charge in [-0.2, -0.15) is 0 Å². The summed E-state index contributed by atoms with van der Waals surface area (Å²) in [6.07, 6.45) is 0. The average molecular weight is 243 g/mol. The predicted molar refractivity (Wildman–Crippen MR) is 71.6 cm³/mol. The summed E-state index contributed by atoms with van der Waals surface area (Å²) in [5.41, 5.74) is 1.63. The zero-order valence-electron chi connectivity index (χ0n) is 11.2. The Morgan fingerprint density at radius 1 is 1.22 bits per heavy atom. The van der Waals surface area contributed by atoms with Gasteiger partial charge in [0.2, 0.25) is 0 Å². The molecule has 0 radical (unpaired) electrons. The fraction of sp³-hybridized carbons (Fsp3) is 0.333. The van der Waals surface area contributed by atoms with Crippen molar-refractivity contribution in [1.82, 2.24) is 4.98 Å². The number of benzene rings is 1. The van der Waals surface area contributed by atoms with Gasteiger partial charge in [0.15, 0.2) is 0 Å². The molecule has 3 heteroatoms.